The summed E-state index contributed by atoms with van der Waals surface area (Å²) in [6, 6.07) is 7.94. The van der Waals surface area contributed by atoms with Gasteiger partial charge in [-0.2, -0.15) is 5.10 Å². The number of carbonyl (C=O) groups excluding carboxylic acids is 1. The second-order valence-corrected chi connectivity index (χ2v) is 6.66. The van der Waals surface area contributed by atoms with Crippen LogP contribution in [0.2, 0.25) is 0 Å². The maximum Gasteiger partial charge on any atom is 0.166 e. The van der Waals surface area contributed by atoms with Crippen LogP contribution < -0.4 is 0 Å². The normalized spacial score (nSPS) is 17.3. The highest BCUT2D eigenvalue weighted by Gasteiger charge is 2.34. The molecule has 1 aliphatic rings. The number of hydrogen-bond acceptors (Lipinski definition) is 2. The van der Waals surface area contributed by atoms with E-state index in [1.807, 2.05) is 28.9 Å². The molecule has 0 fully saturated rings. The molecule has 98 valence electrons. The van der Waals surface area contributed by atoms with Crippen molar-refractivity contribution in [3.63, 3.8) is 0 Å². The summed E-state index contributed by atoms with van der Waals surface area (Å²) in [5.74, 6) is 0.199. The summed E-state index contributed by atoms with van der Waals surface area (Å²) in [5.41, 5.74) is 2.78. The van der Waals surface area contributed by atoms with Crippen molar-refractivity contribution >= 4 is 21.7 Å². The first-order valence-electron chi connectivity index (χ1n) is 6.33. The molecule has 0 atom stereocenters. The van der Waals surface area contributed by atoms with Gasteiger partial charge < -0.3 is 0 Å². The molecule has 0 aliphatic heterocycles. The quantitative estimate of drug-likeness (QED) is 0.801. The lowest BCUT2D eigenvalue weighted by Crippen LogP contribution is -2.27. The van der Waals surface area contributed by atoms with E-state index in [0.29, 0.717) is 6.42 Å². The van der Waals surface area contributed by atoms with E-state index in [0.717, 1.165) is 27.8 Å². The molecule has 1 aromatic heterocycles. The van der Waals surface area contributed by atoms with Gasteiger partial charge in [-0.3, -0.25) is 4.79 Å². The third-order valence-electron chi connectivity index (χ3n) is 3.54. The molecule has 4 heteroatoms. The van der Waals surface area contributed by atoms with Gasteiger partial charge in [-0.15, -0.1) is 0 Å². The Hall–Kier alpha value is -1.42. The standard InChI is InChI=1S/C15H15BrN2O/c1-15(2)7-13-10(14(19)8-15)9-17-18(13)12-6-4-3-5-11(12)16/h3-6,9H,7-8H2,1-2H3. The number of nitrogens with zero attached hydrogens (tertiary/aromatic N) is 2. The molecule has 0 radical (unpaired) electrons. The van der Waals surface area contributed by atoms with Gasteiger partial charge in [0.1, 0.15) is 0 Å². The third-order valence-corrected chi connectivity index (χ3v) is 4.21. The molecule has 0 unspecified atom stereocenters. The molecular formula is C15H15BrN2O. The second kappa shape index (κ2) is 4.30. The van der Waals surface area contributed by atoms with Gasteiger partial charge in [0.15, 0.2) is 5.78 Å². The highest BCUT2D eigenvalue weighted by atomic mass is 79.9. The minimum absolute atomic E-state index is 0.00310. The fourth-order valence-electron chi connectivity index (χ4n) is 2.65. The van der Waals surface area contributed by atoms with Crippen molar-refractivity contribution in [2.24, 2.45) is 5.41 Å². The average Bonchev–Trinajstić information content (AvgIpc) is 2.72. The molecule has 3 nitrogen and oxygen atoms in total. The molecule has 0 N–H and O–H groups in total. The van der Waals surface area contributed by atoms with Crippen molar-refractivity contribution in [2.45, 2.75) is 26.7 Å². The largest absolute Gasteiger partial charge is 0.294 e. The van der Waals surface area contributed by atoms with E-state index in [-0.39, 0.29) is 11.2 Å². The van der Waals surface area contributed by atoms with E-state index >= 15 is 0 Å². The van der Waals surface area contributed by atoms with Crippen LogP contribution in [0.25, 0.3) is 5.69 Å². The first-order chi connectivity index (χ1) is 8.98. The number of benzene rings is 1. The van der Waals surface area contributed by atoms with E-state index in [1.54, 1.807) is 6.20 Å². The van der Waals surface area contributed by atoms with Crippen LogP contribution in [0.4, 0.5) is 0 Å². The highest BCUT2D eigenvalue weighted by Crippen LogP contribution is 2.36. The van der Waals surface area contributed by atoms with Crippen LogP contribution in [0.15, 0.2) is 34.9 Å². The van der Waals surface area contributed by atoms with Gasteiger partial charge in [-0.25, -0.2) is 4.68 Å². The number of fused-ring (bicyclic) bond motifs is 1. The van der Waals surface area contributed by atoms with Crippen LogP contribution >= 0.6 is 15.9 Å². The van der Waals surface area contributed by atoms with E-state index < -0.39 is 0 Å². The summed E-state index contributed by atoms with van der Waals surface area (Å²) < 4.78 is 2.87. The number of Topliss-reactive ketones (excluding diaryl/α,β-unsaturated/α-hetero) is 1. The predicted octanol–water partition coefficient (Wildman–Crippen LogP) is 3.79. The van der Waals surface area contributed by atoms with E-state index in [1.165, 1.54) is 0 Å². The first kappa shape index (κ1) is 12.6. The maximum atomic E-state index is 12.2. The average molecular weight is 319 g/mol. The maximum absolute atomic E-state index is 12.2. The fraction of sp³-hybridized carbons (Fsp3) is 0.333. The van der Waals surface area contributed by atoms with Crippen LogP contribution in [0, 0.1) is 5.41 Å². The predicted molar refractivity (Wildman–Crippen MR) is 77.7 cm³/mol. The zero-order valence-electron chi connectivity index (χ0n) is 11.0. The van der Waals surface area contributed by atoms with Crippen LogP contribution in [0.1, 0.15) is 36.3 Å². The monoisotopic (exact) mass is 318 g/mol. The number of carbonyl (C=O) groups is 1. The SMILES string of the molecule is CC1(C)CC(=O)c2cnn(-c3ccccc3Br)c2C1. The first-order valence-corrected chi connectivity index (χ1v) is 7.12. The number of rotatable bonds is 1. The Bertz CT molecular complexity index is 658. The van der Waals surface area contributed by atoms with Gasteiger partial charge in [-0.1, -0.05) is 26.0 Å². The lowest BCUT2D eigenvalue weighted by Gasteiger charge is -2.29. The molecule has 1 heterocycles. The Labute approximate surface area is 120 Å². The van der Waals surface area contributed by atoms with Gasteiger partial charge >= 0.3 is 0 Å². The molecule has 0 bridgehead atoms. The summed E-state index contributed by atoms with van der Waals surface area (Å²) in [4.78, 5) is 12.2. The Balaban J connectivity index is 2.17. The minimum Gasteiger partial charge on any atom is -0.294 e. The number of aromatic nitrogens is 2. The molecule has 19 heavy (non-hydrogen) atoms. The van der Waals surface area contributed by atoms with Gasteiger partial charge in [0.2, 0.25) is 0 Å². The molecular weight excluding hydrogens is 304 g/mol. The number of para-hydroxylation sites is 1. The number of halogens is 1. The molecule has 1 aromatic carbocycles. The summed E-state index contributed by atoms with van der Waals surface area (Å²) in [7, 11) is 0. The Morgan fingerprint density at radius 2 is 2.00 bits per heavy atom. The van der Waals surface area contributed by atoms with Crippen molar-refractivity contribution in [2.75, 3.05) is 0 Å². The summed E-state index contributed by atoms with van der Waals surface area (Å²) in [6.45, 7) is 4.26. The molecule has 2 aromatic rings. The van der Waals surface area contributed by atoms with Crippen molar-refractivity contribution in [3.8, 4) is 5.69 Å². The fourth-order valence-corrected chi connectivity index (χ4v) is 3.11. The lowest BCUT2D eigenvalue weighted by molar-refractivity contribution is 0.0911. The number of ketones is 1. The Morgan fingerprint density at radius 3 is 2.74 bits per heavy atom. The van der Waals surface area contributed by atoms with Crippen molar-refractivity contribution in [3.05, 3.63) is 46.2 Å². The molecule has 0 amide bonds. The van der Waals surface area contributed by atoms with Crippen LogP contribution in [0.5, 0.6) is 0 Å². The van der Waals surface area contributed by atoms with Gasteiger partial charge in [0.05, 0.1) is 23.1 Å². The van der Waals surface area contributed by atoms with Crippen molar-refractivity contribution in [1.82, 2.24) is 9.78 Å². The number of hydrogen-bond donors (Lipinski definition) is 0. The molecule has 1 aliphatic carbocycles. The summed E-state index contributed by atoms with van der Waals surface area (Å²) in [6.07, 6.45) is 3.17. The van der Waals surface area contributed by atoms with Crippen LogP contribution in [-0.4, -0.2) is 15.6 Å². The van der Waals surface area contributed by atoms with Crippen LogP contribution in [-0.2, 0) is 6.42 Å². The van der Waals surface area contributed by atoms with Crippen LogP contribution in [0.3, 0.4) is 0 Å². The zero-order chi connectivity index (χ0) is 13.6. The van der Waals surface area contributed by atoms with Gasteiger partial charge in [0.25, 0.3) is 0 Å². The van der Waals surface area contributed by atoms with Gasteiger partial charge in [0, 0.05) is 10.9 Å². The molecule has 0 saturated heterocycles. The second-order valence-electron chi connectivity index (χ2n) is 5.81. The lowest BCUT2D eigenvalue weighted by atomic mass is 9.76. The summed E-state index contributed by atoms with van der Waals surface area (Å²) >= 11 is 3.54. The van der Waals surface area contributed by atoms with Gasteiger partial charge in [-0.05, 0) is 39.9 Å². The van der Waals surface area contributed by atoms with E-state index in [2.05, 4.69) is 34.9 Å². The van der Waals surface area contributed by atoms with Crippen molar-refractivity contribution < 1.29 is 4.79 Å². The molecule has 3 rings (SSSR count). The highest BCUT2D eigenvalue weighted by molar-refractivity contribution is 9.10. The zero-order valence-corrected chi connectivity index (χ0v) is 12.6. The Morgan fingerprint density at radius 1 is 1.26 bits per heavy atom. The summed E-state index contributed by atoms with van der Waals surface area (Å²) in [5, 5.41) is 4.41. The van der Waals surface area contributed by atoms with E-state index in [4.69, 9.17) is 0 Å². The van der Waals surface area contributed by atoms with Crippen molar-refractivity contribution in [1.29, 1.82) is 0 Å². The molecule has 0 spiro atoms. The van der Waals surface area contributed by atoms with E-state index in [9.17, 15) is 4.79 Å². The third kappa shape index (κ3) is 2.14. The minimum atomic E-state index is 0.00310. The Kier molecular flexibility index (Phi) is 2.86. The topological polar surface area (TPSA) is 34.9 Å². The smallest absolute Gasteiger partial charge is 0.166 e. The molecule has 0 saturated carbocycles.